The molecule has 1 aliphatic heterocycles. The molecule has 22 heavy (non-hydrogen) atoms. The predicted octanol–water partition coefficient (Wildman–Crippen LogP) is 2.73. The zero-order valence-electron chi connectivity index (χ0n) is 13.3. The number of thioether (sulfide) groups is 1. The fourth-order valence-electron chi connectivity index (χ4n) is 3.68. The Labute approximate surface area is 135 Å². The van der Waals surface area contributed by atoms with Crippen LogP contribution in [-0.2, 0) is 14.3 Å². The maximum Gasteiger partial charge on any atom is 0.337 e. The monoisotopic (exact) mass is 322 g/mol. The molecule has 1 atom stereocenters. The number of nitrogens with zero attached hydrogens (tertiary/aromatic N) is 1. The van der Waals surface area contributed by atoms with Crippen molar-refractivity contribution < 1.29 is 14.3 Å². The number of carbonyl (C=O) groups is 2. The minimum atomic E-state index is -1.24. The van der Waals surface area contributed by atoms with E-state index in [0.717, 1.165) is 19.3 Å². The number of hydrogen-bond acceptors (Lipinski definition) is 5. The molecular weight excluding hydrogens is 300 g/mol. The van der Waals surface area contributed by atoms with Gasteiger partial charge in [-0.1, -0.05) is 19.3 Å². The molecule has 0 unspecified atom stereocenters. The van der Waals surface area contributed by atoms with Gasteiger partial charge in [-0.05, 0) is 32.9 Å². The van der Waals surface area contributed by atoms with E-state index in [1.54, 1.807) is 13.8 Å². The predicted molar refractivity (Wildman–Crippen MR) is 84.6 cm³/mol. The molecule has 5 nitrogen and oxygen atoms in total. The first-order valence-electron chi connectivity index (χ1n) is 7.65. The first-order chi connectivity index (χ1) is 10.5. The van der Waals surface area contributed by atoms with Crippen LogP contribution in [0.25, 0.3) is 0 Å². The molecule has 2 rings (SSSR count). The topological polar surface area (TPSA) is 79.2 Å². The van der Waals surface area contributed by atoms with E-state index in [2.05, 4.69) is 11.4 Å². The van der Waals surface area contributed by atoms with E-state index in [-0.39, 0.29) is 12.5 Å². The van der Waals surface area contributed by atoms with Crippen molar-refractivity contribution in [1.29, 1.82) is 5.26 Å². The van der Waals surface area contributed by atoms with Crippen molar-refractivity contribution in [2.75, 3.05) is 12.9 Å². The van der Waals surface area contributed by atoms with Crippen molar-refractivity contribution >= 4 is 23.6 Å². The Morgan fingerprint density at radius 1 is 1.41 bits per heavy atom. The molecule has 1 aliphatic carbocycles. The van der Waals surface area contributed by atoms with Crippen LogP contribution in [0, 0.1) is 22.2 Å². The van der Waals surface area contributed by atoms with Crippen molar-refractivity contribution in [2.24, 2.45) is 10.8 Å². The van der Waals surface area contributed by atoms with Crippen LogP contribution in [0.5, 0.6) is 0 Å². The van der Waals surface area contributed by atoms with E-state index in [0.29, 0.717) is 23.4 Å². The smallest absolute Gasteiger partial charge is 0.337 e. The van der Waals surface area contributed by atoms with E-state index >= 15 is 0 Å². The fraction of sp³-hybridized carbons (Fsp3) is 0.688. The van der Waals surface area contributed by atoms with Crippen LogP contribution in [0.2, 0.25) is 0 Å². The lowest BCUT2D eigenvalue weighted by molar-refractivity contribution is -0.144. The zero-order valence-corrected chi connectivity index (χ0v) is 14.1. The molecule has 2 aliphatic rings. The average molecular weight is 322 g/mol. The van der Waals surface area contributed by atoms with E-state index in [1.807, 2.05) is 6.26 Å². The molecule has 1 saturated carbocycles. The van der Waals surface area contributed by atoms with E-state index in [4.69, 9.17) is 4.74 Å². The Balaban J connectivity index is 2.67. The van der Waals surface area contributed by atoms with Crippen LogP contribution in [0.3, 0.4) is 0 Å². The molecule has 0 radical (unpaired) electrons. The van der Waals surface area contributed by atoms with Crippen molar-refractivity contribution in [3.63, 3.8) is 0 Å². The molecule has 1 spiro atoms. The van der Waals surface area contributed by atoms with Gasteiger partial charge in [0.1, 0.15) is 5.41 Å². The maximum absolute atomic E-state index is 12.6. The van der Waals surface area contributed by atoms with Gasteiger partial charge in [-0.2, -0.15) is 5.26 Å². The molecule has 0 aromatic carbocycles. The van der Waals surface area contributed by atoms with Gasteiger partial charge >= 0.3 is 5.97 Å². The standard InChI is InChI=1S/C16H22N2O3S/c1-4-21-13(19)11-12(22-3)18-14(20)15(2,10-17)16(11)8-6-5-7-9-16/h4-9H2,1-3H3,(H,18,20)/t15-/m0/s1. The molecule has 1 amide bonds. The quantitative estimate of drug-likeness (QED) is 0.808. The summed E-state index contributed by atoms with van der Waals surface area (Å²) < 4.78 is 5.24. The second-order valence-electron chi connectivity index (χ2n) is 5.96. The van der Waals surface area contributed by atoms with Crippen molar-refractivity contribution in [1.82, 2.24) is 5.32 Å². The number of carbonyl (C=O) groups excluding carboxylic acids is 2. The lowest BCUT2D eigenvalue weighted by Crippen LogP contribution is -2.57. The van der Waals surface area contributed by atoms with Crippen LogP contribution in [0.4, 0.5) is 0 Å². The van der Waals surface area contributed by atoms with Crippen LogP contribution in [-0.4, -0.2) is 24.7 Å². The van der Waals surface area contributed by atoms with Gasteiger partial charge in [-0.3, -0.25) is 4.79 Å². The summed E-state index contributed by atoms with van der Waals surface area (Å²) in [6, 6.07) is 2.20. The largest absolute Gasteiger partial charge is 0.463 e. The first kappa shape index (κ1) is 16.9. The van der Waals surface area contributed by atoms with Crippen LogP contribution >= 0.6 is 11.8 Å². The first-order valence-corrected chi connectivity index (χ1v) is 8.88. The molecule has 1 fully saturated rings. The zero-order chi connectivity index (χ0) is 16.4. The number of nitriles is 1. The summed E-state index contributed by atoms with van der Waals surface area (Å²) in [7, 11) is 0. The molecule has 120 valence electrons. The minimum Gasteiger partial charge on any atom is -0.463 e. The third-order valence-electron chi connectivity index (χ3n) is 4.96. The van der Waals surface area contributed by atoms with Gasteiger partial charge < -0.3 is 10.1 Å². The highest BCUT2D eigenvalue weighted by Gasteiger charge is 2.61. The summed E-state index contributed by atoms with van der Waals surface area (Å²) in [5.74, 6) is -0.718. The molecule has 1 N–H and O–H groups in total. The normalized spacial score (nSPS) is 27.3. The molecule has 0 bridgehead atoms. The Morgan fingerprint density at radius 2 is 2.05 bits per heavy atom. The second-order valence-corrected chi connectivity index (χ2v) is 6.78. The summed E-state index contributed by atoms with van der Waals surface area (Å²) >= 11 is 1.33. The lowest BCUT2D eigenvalue weighted by Gasteiger charge is -2.49. The molecule has 6 heteroatoms. The number of amides is 1. The maximum atomic E-state index is 12.6. The third-order valence-corrected chi connectivity index (χ3v) is 5.67. The fourth-order valence-corrected chi connectivity index (χ4v) is 4.36. The van der Waals surface area contributed by atoms with Gasteiger partial charge in [-0.15, -0.1) is 11.8 Å². The Bertz CT molecular complexity index is 558. The molecule has 0 aromatic heterocycles. The van der Waals surface area contributed by atoms with Gasteiger partial charge in [0, 0.05) is 5.41 Å². The second kappa shape index (κ2) is 6.33. The molecule has 0 saturated heterocycles. The number of esters is 1. The van der Waals surface area contributed by atoms with Gasteiger partial charge in [0.25, 0.3) is 0 Å². The van der Waals surface area contributed by atoms with Crippen molar-refractivity contribution in [3.05, 3.63) is 10.6 Å². The summed E-state index contributed by atoms with van der Waals surface area (Å²) in [5, 5.41) is 13.0. The van der Waals surface area contributed by atoms with E-state index < -0.39 is 16.8 Å². The van der Waals surface area contributed by atoms with Gasteiger partial charge in [-0.25, -0.2) is 4.79 Å². The number of hydrogen-bond donors (Lipinski definition) is 1. The summed E-state index contributed by atoms with van der Waals surface area (Å²) in [5.41, 5.74) is -1.49. The molecule has 0 aromatic rings. The molecule has 1 heterocycles. The summed E-state index contributed by atoms with van der Waals surface area (Å²) in [6.07, 6.45) is 6.05. The minimum absolute atomic E-state index is 0.275. The van der Waals surface area contributed by atoms with Crippen LogP contribution < -0.4 is 5.32 Å². The van der Waals surface area contributed by atoms with Crippen molar-refractivity contribution in [2.45, 2.75) is 46.0 Å². The van der Waals surface area contributed by atoms with Crippen LogP contribution in [0.1, 0.15) is 46.0 Å². The van der Waals surface area contributed by atoms with E-state index in [1.165, 1.54) is 11.8 Å². The third kappa shape index (κ3) is 2.32. The highest BCUT2D eigenvalue weighted by atomic mass is 32.2. The molecular formula is C16H22N2O3S. The van der Waals surface area contributed by atoms with Gasteiger partial charge in [0.05, 0.1) is 23.3 Å². The van der Waals surface area contributed by atoms with E-state index in [9.17, 15) is 14.9 Å². The SMILES string of the molecule is CCOC(=O)C1=C(SC)NC(=O)[C@](C)(C#N)C12CCCCC2. The summed E-state index contributed by atoms with van der Waals surface area (Å²) in [4.78, 5) is 25.2. The lowest BCUT2D eigenvalue weighted by atomic mass is 9.53. The Kier molecular flexibility index (Phi) is 4.86. The number of ether oxygens (including phenoxy) is 1. The highest BCUT2D eigenvalue weighted by molar-refractivity contribution is 8.02. The van der Waals surface area contributed by atoms with Crippen molar-refractivity contribution in [3.8, 4) is 6.07 Å². The highest BCUT2D eigenvalue weighted by Crippen LogP contribution is 2.58. The van der Waals surface area contributed by atoms with Gasteiger partial charge in [0.15, 0.2) is 0 Å². The number of rotatable bonds is 3. The van der Waals surface area contributed by atoms with Crippen LogP contribution in [0.15, 0.2) is 10.6 Å². The number of nitrogens with one attached hydrogen (secondary N) is 1. The Morgan fingerprint density at radius 3 is 2.55 bits per heavy atom. The van der Waals surface area contributed by atoms with Gasteiger partial charge in [0.2, 0.25) is 5.91 Å². The average Bonchev–Trinajstić information content (AvgIpc) is 2.53. The summed E-state index contributed by atoms with van der Waals surface area (Å²) in [6.45, 7) is 3.69. The Hall–Kier alpha value is -1.48.